The lowest BCUT2D eigenvalue weighted by Gasteiger charge is -2.37. The third-order valence-electron chi connectivity index (χ3n) is 5.34. The quantitative estimate of drug-likeness (QED) is 0.864. The molecule has 138 valence electrons. The highest BCUT2D eigenvalue weighted by atomic mass is 16.4. The minimum atomic E-state index is -0.733. The van der Waals surface area contributed by atoms with Crippen molar-refractivity contribution < 1.29 is 14.7 Å². The average molecular weight is 356 g/mol. The molecule has 2 N–H and O–H groups in total. The fourth-order valence-corrected chi connectivity index (χ4v) is 3.74. The van der Waals surface area contributed by atoms with Crippen molar-refractivity contribution in [3.8, 4) is 6.07 Å². The van der Waals surface area contributed by atoms with E-state index in [9.17, 15) is 14.9 Å². The van der Waals surface area contributed by atoms with Crippen LogP contribution in [-0.4, -0.2) is 54.2 Å². The molecule has 2 aliphatic rings. The molecule has 2 fully saturated rings. The van der Waals surface area contributed by atoms with Gasteiger partial charge in [-0.3, -0.25) is 4.79 Å². The summed E-state index contributed by atoms with van der Waals surface area (Å²) >= 11 is 0. The van der Waals surface area contributed by atoms with Gasteiger partial charge in [0.1, 0.15) is 6.07 Å². The fourth-order valence-electron chi connectivity index (χ4n) is 3.74. The number of carboxylic acid groups (broad SMARTS) is 1. The highest BCUT2D eigenvalue weighted by Gasteiger charge is 2.29. The van der Waals surface area contributed by atoms with E-state index in [1.54, 1.807) is 4.90 Å². The fraction of sp³-hybridized carbons (Fsp3) is 0.526. The SMILES string of the molecule is N#Cc1ccccc1N1CCN(C(=O)NC2CCC(C(=O)O)CC2)CC1. The number of carbonyl (C=O) groups is 2. The molecule has 1 aromatic rings. The van der Waals surface area contributed by atoms with Gasteiger partial charge >= 0.3 is 12.0 Å². The molecule has 2 amide bonds. The van der Waals surface area contributed by atoms with Gasteiger partial charge < -0.3 is 20.2 Å². The summed E-state index contributed by atoms with van der Waals surface area (Å²) in [6.45, 7) is 2.60. The zero-order valence-electron chi connectivity index (χ0n) is 14.7. The van der Waals surface area contributed by atoms with Crippen LogP contribution in [0.2, 0.25) is 0 Å². The monoisotopic (exact) mass is 356 g/mol. The number of nitrogens with one attached hydrogen (secondary N) is 1. The molecule has 1 aliphatic heterocycles. The first-order valence-electron chi connectivity index (χ1n) is 9.11. The normalized spacial score (nSPS) is 23.2. The molecule has 1 aliphatic carbocycles. The molecule has 1 heterocycles. The van der Waals surface area contributed by atoms with E-state index in [1.807, 2.05) is 24.3 Å². The Kier molecular flexibility index (Phi) is 5.61. The maximum atomic E-state index is 12.5. The summed E-state index contributed by atoms with van der Waals surface area (Å²) in [4.78, 5) is 27.4. The van der Waals surface area contributed by atoms with E-state index >= 15 is 0 Å². The van der Waals surface area contributed by atoms with E-state index in [-0.39, 0.29) is 18.0 Å². The first-order chi connectivity index (χ1) is 12.6. The maximum absolute atomic E-state index is 12.5. The van der Waals surface area contributed by atoms with E-state index in [1.165, 1.54) is 0 Å². The third-order valence-corrected chi connectivity index (χ3v) is 5.34. The van der Waals surface area contributed by atoms with Crippen LogP contribution in [0.15, 0.2) is 24.3 Å². The summed E-state index contributed by atoms with van der Waals surface area (Å²) in [6, 6.07) is 9.73. The van der Waals surface area contributed by atoms with Crippen molar-refractivity contribution in [2.75, 3.05) is 31.1 Å². The highest BCUT2D eigenvalue weighted by Crippen LogP contribution is 2.25. The van der Waals surface area contributed by atoms with E-state index < -0.39 is 5.97 Å². The molecule has 1 aromatic carbocycles. The predicted octanol–water partition coefficient (Wildman–Crippen LogP) is 2.03. The Balaban J connectivity index is 1.48. The number of hydrogen-bond acceptors (Lipinski definition) is 4. The molecular formula is C19H24N4O3. The van der Waals surface area contributed by atoms with Gasteiger partial charge in [-0.1, -0.05) is 12.1 Å². The topological polar surface area (TPSA) is 96.7 Å². The summed E-state index contributed by atoms with van der Waals surface area (Å²) in [5.74, 6) is -1.00. The minimum Gasteiger partial charge on any atom is -0.481 e. The molecule has 7 nitrogen and oxygen atoms in total. The Bertz CT molecular complexity index is 699. The van der Waals surface area contributed by atoms with Gasteiger partial charge in [0.15, 0.2) is 0 Å². The minimum absolute atomic E-state index is 0.0652. The second-order valence-electron chi connectivity index (χ2n) is 6.94. The first-order valence-corrected chi connectivity index (χ1v) is 9.11. The molecule has 0 bridgehead atoms. The predicted molar refractivity (Wildman–Crippen MR) is 96.9 cm³/mol. The molecular weight excluding hydrogens is 332 g/mol. The lowest BCUT2D eigenvalue weighted by molar-refractivity contribution is -0.142. The second kappa shape index (κ2) is 8.09. The van der Waals surface area contributed by atoms with Crippen molar-refractivity contribution >= 4 is 17.7 Å². The van der Waals surface area contributed by atoms with E-state index in [0.29, 0.717) is 44.6 Å². The summed E-state index contributed by atoms with van der Waals surface area (Å²) in [6.07, 6.45) is 2.69. The van der Waals surface area contributed by atoms with Gasteiger partial charge in [-0.2, -0.15) is 5.26 Å². The lowest BCUT2D eigenvalue weighted by Crippen LogP contribution is -2.54. The molecule has 0 unspecified atom stereocenters. The van der Waals surface area contributed by atoms with Crippen LogP contribution in [-0.2, 0) is 4.79 Å². The lowest BCUT2D eigenvalue weighted by atomic mass is 9.86. The van der Waals surface area contributed by atoms with Crippen molar-refractivity contribution in [1.82, 2.24) is 10.2 Å². The Morgan fingerprint density at radius 3 is 2.35 bits per heavy atom. The average Bonchev–Trinajstić information content (AvgIpc) is 2.68. The Hall–Kier alpha value is -2.75. The number of nitriles is 1. The van der Waals surface area contributed by atoms with Gasteiger partial charge in [-0.05, 0) is 37.8 Å². The van der Waals surface area contributed by atoms with Crippen molar-refractivity contribution in [1.29, 1.82) is 5.26 Å². The molecule has 0 atom stereocenters. The Morgan fingerprint density at radius 1 is 1.08 bits per heavy atom. The number of hydrogen-bond donors (Lipinski definition) is 2. The number of piperazine rings is 1. The standard InChI is InChI=1S/C19H24N4O3/c20-13-15-3-1-2-4-17(15)22-9-11-23(12-10-22)19(26)21-16-7-5-14(6-8-16)18(24)25/h1-4,14,16H,5-12H2,(H,21,26)(H,24,25). The van der Waals surface area contributed by atoms with Crippen LogP contribution in [0, 0.1) is 17.2 Å². The van der Waals surface area contributed by atoms with E-state index in [4.69, 9.17) is 5.11 Å². The number of amides is 2. The number of aliphatic carboxylic acids is 1. The van der Waals surface area contributed by atoms with Gasteiger partial charge in [0.05, 0.1) is 17.2 Å². The van der Waals surface area contributed by atoms with Gasteiger partial charge in [0.2, 0.25) is 0 Å². The number of carboxylic acids is 1. The number of urea groups is 1. The summed E-state index contributed by atoms with van der Waals surface area (Å²) in [5.41, 5.74) is 1.57. The van der Waals surface area contributed by atoms with Crippen LogP contribution in [0.1, 0.15) is 31.2 Å². The van der Waals surface area contributed by atoms with Crippen LogP contribution < -0.4 is 10.2 Å². The summed E-state index contributed by atoms with van der Waals surface area (Å²) in [5, 5.41) is 21.3. The van der Waals surface area contributed by atoms with Gasteiger partial charge in [0, 0.05) is 32.2 Å². The second-order valence-corrected chi connectivity index (χ2v) is 6.94. The van der Waals surface area contributed by atoms with Crippen molar-refractivity contribution in [2.24, 2.45) is 5.92 Å². The molecule has 0 spiro atoms. The van der Waals surface area contributed by atoms with Crippen LogP contribution in [0.3, 0.4) is 0 Å². The Labute approximate surface area is 153 Å². The molecule has 1 saturated heterocycles. The van der Waals surface area contributed by atoms with Gasteiger partial charge in [-0.15, -0.1) is 0 Å². The van der Waals surface area contributed by atoms with Crippen molar-refractivity contribution in [3.05, 3.63) is 29.8 Å². The third kappa shape index (κ3) is 4.07. The van der Waals surface area contributed by atoms with Crippen LogP contribution in [0.5, 0.6) is 0 Å². The van der Waals surface area contributed by atoms with E-state index in [0.717, 1.165) is 18.5 Å². The van der Waals surface area contributed by atoms with Crippen molar-refractivity contribution in [3.63, 3.8) is 0 Å². The smallest absolute Gasteiger partial charge is 0.317 e. The molecule has 3 rings (SSSR count). The Morgan fingerprint density at radius 2 is 1.73 bits per heavy atom. The zero-order chi connectivity index (χ0) is 18.5. The maximum Gasteiger partial charge on any atom is 0.317 e. The number of nitrogens with zero attached hydrogens (tertiary/aromatic N) is 3. The molecule has 26 heavy (non-hydrogen) atoms. The molecule has 0 radical (unpaired) electrons. The number of para-hydroxylation sites is 1. The summed E-state index contributed by atoms with van der Waals surface area (Å²) in [7, 11) is 0. The van der Waals surface area contributed by atoms with Gasteiger partial charge in [-0.25, -0.2) is 4.79 Å². The highest BCUT2D eigenvalue weighted by molar-refractivity contribution is 5.75. The van der Waals surface area contributed by atoms with Crippen LogP contribution in [0.4, 0.5) is 10.5 Å². The molecule has 1 saturated carbocycles. The largest absolute Gasteiger partial charge is 0.481 e. The van der Waals surface area contributed by atoms with Gasteiger partial charge in [0.25, 0.3) is 0 Å². The van der Waals surface area contributed by atoms with Crippen LogP contribution >= 0.6 is 0 Å². The molecule has 7 heteroatoms. The molecule has 0 aromatic heterocycles. The summed E-state index contributed by atoms with van der Waals surface area (Å²) < 4.78 is 0. The van der Waals surface area contributed by atoms with Crippen molar-refractivity contribution in [2.45, 2.75) is 31.7 Å². The van der Waals surface area contributed by atoms with Crippen LogP contribution in [0.25, 0.3) is 0 Å². The first kappa shape index (κ1) is 18.1. The van der Waals surface area contributed by atoms with E-state index in [2.05, 4.69) is 16.3 Å². The number of anilines is 1. The number of rotatable bonds is 3. The zero-order valence-corrected chi connectivity index (χ0v) is 14.7. The number of benzene rings is 1. The number of carbonyl (C=O) groups excluding carboxylic acids is 1.